The fraction of sp³-hybridized carbons (Fsp3) is 0.300. The lowest BCUT2D eigenvalue weighted by molar-refractivity contribution is -0.119. The zero-order valence-electron chi connectivity index (χ0n) is 14.6. The maximum Gasteiger partial charge on any atom is 0.251 e. The minimum Gasteiger partial charge on any atom is -0.368 e. The number of nitrogens with two attached hydrogens (primary N) is 1. The summed E-state index contributed by atoms with van der Waals surface area (Å²) in [6.45, 7) is 7.86. The van der Waals surface area contributed by atoms with Crippen molar-refractivity contribution in [2.75, 3.05) is 0 Å². The fourth-order valence-corrected chi connectivity index (χ4v) is 2.95. The zero-order chi connectivity index (χ0) is 17.9. The number of nitrogens with one attached hydrogen (secondary N) is 1. The van der Waals surface area contributed by atoms with Gasteiger partial charge in [-0.25, -0.2) is 0 Å². The molecule has 0 saturated heterocycles. The molecular weight excluding hydrogens is 300 g/mol. The first-order valence-electron chi connectivity index (χ1n) is 8.01. The summed E-state index contributed by atoms with van der Waals surface area (Å²) in [6.07, 6.45) is 0.393. The maximum absolute atomic E-state index is 12.5. The van der Waals surface area contributed by atoms with E-state index in [1.165, 1.54) is 0 Å². The summed E-state index contributed by atoms with van der Waals surface area (Å²) in [5.74, 6) is -0.813. The Labute approximate surface area is 143 Å². The van der Waals surface area contributed by atoms with Gasteiger partial charge in [0.1, 0.15) is 6.04 Å². The summed E-state index contributed by atoms with van der Waals surface area (Å²) in [5, 5.41) is 2.78. The molecule has 3 N–H and O–H groups in total. The second-order valence-electron chi connectivity index (χ2n) is 6.38. The van der Waals surface area contributed by atoms with Crippen molar-refractivity contribution in [2.45, 2.75) is 40.2 Å². The van der Waals surface area contributed by atoms with Gasteiger partial charge in [-0.15, -0.1) is 0 Å². The van der Waals surface area contributed by atoms with Gasteiger partial charge < -0.3 is 11.1 Å². The highest BCUT2D eigenvalue weighted by atomic mass is 16.2. The van der Waals surface area contributed by atoms with Crippen molar-refractivity contribution in [2.24, 2.45) is 5.73 Å². The van der Waals surface area contributed by atoms with E-state index in [4.69, 9.17) is 5.73 Å². The number of carbonyl (C=O) groups excluding carboxylic acids is 2. The molecule has 2 rings (SSSR count). The Morgan fingerprint density at radius 3 is 2.04 bits per heavy atom. The molecule has 0 heterocycles. The van der Waals surface area contributed by atoms with Gasteiger partial charge in [0.15, 0.2) is 0 Å². The smallest absolute Gasteiger partial charge is 0.251 e. The molecule has 1 atom stereocenters. The van der Waals surface area contributed by atoms with E-state index in [0.717, 1.165) is 27.8 Å². The van der Waals surface area contributed by atoms with Crippen LogP contribution >= 0.6 is 0 Å². The Morgan fingerprint density at radius 2 is 1.54 bits per heavy atom. The molecular formula is C20H24N2O2. The van der Waals surface area contributed by atoms with Crippen LogP contribution in [0, 0.1) is 27.7 Å². The molecule has 0 radical (unpaired) electrons. The minimum atomic E-state index is -0.738. The number of hydrogen-bond acceptors (Lipinski definition) is 2. The first-order valence-corrected chi connectivity index (χ1v) is 8.01. The third kappa shape index (κ3) is 4.22. The van der Waals surface area contributed by atoms with Gasteiger partial charge in [-0.2, -0.15) is 0 Å². The van der Waals surface area contributed by atoms with Crippen LogP contribution in [-0.4, -0.2) is 17.9 Å². The monoisotopic (exact) mass is 324 g/mol. The molecule has 24 heavy (non-hydrogen) atoms. The zero-order valence-corrected chi connectivity index (χ0v) is 14.6. The molecule has 126 valence electrons. The minimum absolute atomic E-state index is 0.281. The maximum atomic E-state index is 12.5. The second-order valence-corrected chi connectivity index (χ2v) is 6.38. The molecule has 2 amide bonds. The van der Waals surface area contributed by atoms with Gasteiger partial charge in [0.2, 0.25) is 5.91 Å². The summed E-state index contributed by atoms with van der Waals surface area (Å²) < 4.78 is 0. The quantitative estimate of drug-likeness (QED) is 0.887. The lowest BCUT2D eigenvalue weighted by Crippen LogP contribution is -2.46. The van der Waals surface area contributed by atoms with Crippen molar-refractivity contribution in [1.29, 1.82) is 0 Å². The van der Waals surface area contributed by atoms with E-state index in [0.29, 0.717) is 12.0 Å². The van der Waals surface area contributed by atoms with Crippen molar-refractivity contribution in [3.05, 3.63) is 69.8 Å². The van der Waals surface area contributed by atoms with Crippen LogP contribution in [0.2, 0.25) is 0 Å². The van der Waals surface area contributed by atoms with Gasteiger partial charge in [0.05, 0.1) is 0 Å². The molecule has 0 saturated carbocycles. The number of carbonyl (C=O) groups is 2. The number of rotatable bonds is 5. The highest BCUT2D eigenvalue weighted by Gasteiger charge is 2.21. The number of primary amides is 1. The second kappa shape index (κ2) is 7.30. The molecule has 0 aliphatic heterocycles. The topological polar surface area (TPSA) is 72.2 Å². The molecule has 0 aromatic heterocycles. The summed E-state index contributed by atoms with van der Waals surface area (Å²) in [5.41, 5.74) is 11.3. The van der Waals surface area contributed by atoms with Gasteiger partial charge >= 0.3 is 0 Å². The summed E-state index contributed by atoms with van der Waals surface area (Å²) in [4.78, 5) is 24.3. The van der Waals surface area contributed by atoms with E-state index in [1.807, 2.05) is 52.0 Å². The molecule has 0 unspecified atom stereocenters. The highest BCUT2D eigenvalue weighted by molar-refractivity contribution is 5.97. The first-order chi connectivity index (χ1) is 11.3. The van der Waals surface area contributed by atoms with E-state index >= 15 is 0 Å². The van der Waals surface area contributed by atoms with Gasteiger partial charge in [-0.1, -0.05) is 35.4 Å². The van der Waals surface area contributed by atoms with Crippen molar-refractivity contribution in [3.63, 3.8) is 0 Å². The van der Waals surface area contributed by atoms with E-state index in [-0.39, 0.29) is 5.91 Å². The Bertz CT molecular complexity index is 741. The van der Waals surface area contributed by atoms with Crippen LogP contribution in [0.4, 0.5) is 0 Å². The van der Waals surface area contributed by atoms with Crippen molar-refractivity contribution < 1.29 is 9.59 Å². The fourth-order valence-electron chi connectivity index (χ4n) is 2.95. The number of amides is 2. The largest absolute Gasteiger partial charge is 0.368 e. The molecule has 0 fully saturated rings. The van der Waals surface area contributed by atoms with Crippen LogP contribution in [0.15, 0.2) is 36.4 Å². The first kappa shape index (κ1) is 17.7. The Morgan fingerprint density at radius 1 is 1.00 bits per heavy atom. The third-order valence-electron chi connectivity index (χ3n) is 4.19. The van der Waals surface area contributed by atoms with Crippen molar-refractivity contribution in [3.8, 4) is 0 Å². The van der Waals surface area contributed by atoms with E-state index in [2.05, 4.69) is 5.32 Å². The van der Waals surface area contributed by atoms with Gasteiger partial charge in [0, 0.05) is 12.0 Å². The predicted octanol–water partition coefficient (Wildman–Crippen LogP) is 2.75. The molecule has 0 aliphatic carbocycles. The summed E-state index contributed by atoms with van der Waals surface area (Å²) in [6, 6.07) is 10.8. The van der Waals surface area contributed by atoms with Crippen LogP contribution in [0.3, 0.4) is 0 Å². The Balaban J connectivity index is 2.22. The molecule has 0 aliphatic rings. The average molecular weight is 324 g/mol. The predicted molar refractivity (Wildman–Crippen MR) is 96.0 cm³/mol. The number of benzene rings is 2. The van der Waals surface area contributed by atoms with Crippen LogP contribution < -0.4 is 11.1 Å². The number of aryl methyl sites for hydroxylation is 4. The molecule has 2 aromatic carbocycles. The summed E-state index contributed by atoms with van der Waals surface area (Å²) >= 11 is 0. The normalized spacial score (nSPS) is 11.8. The van der Waals surface area contributed by atoms with E-state index in [1.54, 1.807) is 12.1 Å². The lowest BCUT2D eigenvalue weighted by Gasteiger charge is -2.18. The molecule has 0 bridgehead atoms. The SMILES string of the molecule is Cc1cc(C)cc(C(=O)N[C@@H](Cc2c(C)cccc2C)C(N)=O)c1. The van der Waals surface area contributed by atoms with Crippen LogP contribution in [-0.2, 0) is 11.2 Å². The van der Waals surface area contributed by atoms with Crippen LogP contribution in [0.25, 0.3) is 0 Å². The standard InChI is InChI=1S/C20H24N2O2/c1-12-8-13(2)10-16(9-12)20(24)22-18(19(21)23)11-17-14(3)6-5-7-15(17)4/h5-10,18H,11H2,1-4H3,(H2,21,23)(H,22,24)/t18-/m0/s1. The van der Waals surface area contributed by atoms with Crippen molar-refractivity contribution >= 4 is 11.8 Å². The van der Waals surface area contributed by atoms with E-state index < -0.39 is 11.9 Å². The summed E-state index contributed by atoms with van der Waals surface area (Å²) in [7, 11) is 0. The molecule has 0 spiro atoms. The van der Waals surface area contributed by atoms with Gasteiger partial charge in [-0.3, -0.25) is 9.59 Å². The number of hydrogen-bond donors (Lipinski definition) is 2. The molecule has 2 aromatic rings. The Hall–Kier alpha value is -2.62. The Kier molecular flexibility index (Phi) is 5.39. The van der Waals surface area contributed by atoms with Crippen LogP contribution in [0.5, 0.6) is 0 Å². The molecule has 4 heteroatoms. The molecule has 4 nitrogen and oxygen atoms in total. The highest BCUT2D eigenvalue weighted by Crippen LogP contribution is 2.16. The van der Waals surface area contributed by atoms with E-state index in [9.17, 15) is 9.59 Å². The van der Waals surface area contributed by atoms with Crippen molar-refractivity contribution in [1.82, 2.24) is 5.32 Å². The lowest BCUT2D eigenvalue weighted by atomic mass is 9.96. The van der Waals surface area contributed by atoms with Gasteiger partial charge in [-0.05, 0) is 56.5 Å². The average Bonchev–Trinajstić information content (AvgIpc) is 2.48. The van der Waals surface area contributed by atoms with Gasteiger partial charge in [0.25, 0.3) is 5.91 Å². The van der Waals surface area contributed by atoms with Crippen LogP contribution in [0.1, 0.15) is 38.2 Å². The third-order valence-corrected chi connectivity index (χ3v) is 4.19.